The SMILES string of the molecule is COCC(C)CNS(=O)(=O)c1cnccc1N. The molecule has 0 saturated heterocycles. The fourth-order valence-electron chi connectivity index (χ4n) is 1.29. The van der Waals surface area contributed by atoms with Gasteiger partial charge in [0.05, 0.1) is 5.69 Å². The van der Waals surface area contributed by atoms with Gasteiger partial charge in [0.25, 0.3) is 0 Å². The molecule has 0 aliphatic rings. The molecule has 0 aromatic carbocycles. The highest BCUT2D eigenvalue weighted by molar-refractivity contribution is 7.89. The summed E-state index contributed by atoms with van der Waals surface area (Å²) in [5.41, 5.74) is 5.77. The van der Waals surface area contributed by atoms with Gasteiger partial charge in [0.2, 0.25) is 10.0 Å². The first-order valence-electron chi connectivity index (χ1n) is 5.15. The van der Waals surface area contributed by atoms with E-state index in [0.717, 1.165) is 0 Å². The summed E-state index contributed by atoms with van der Waals surface area (Å²) in [5, 5.41) is 0. The van der Waals surface area contributed by atoms with Crippen LogP contribution in [0.15, 0.2) is 23.4 Å². The Morgan fingerprint density at radius 2 is 2.29 bits per heavy atom. The number of nitrogens with one attached hydrogen (secondary N) is 1. The van der Waals surface area contributed by atoms with E-state index in [1.54, 1.807) is 7.11 Å². The van der Waals surface area contributed by atoms with Gasteiger partial charge in [-0.05, 0) is 12.0 Å². The highest BCUT2D eigenvalue weighted by atomic mass is 32.2. The van der Waals surface area contributed by atoms with E-state index in [0.29, 0.717) is 13.2 Å². The zero-order valence-electron chi connectivity index (χ0n) is 9.88. The lowest BCUT2D eigenvalue weighted by Gasteiger charge is -2.12. The molecular weight excluding hydrogens is 242 g/mol. The van der Waals surface area contributed by atoms with Crippen LogP contribution in [0.4, 0.5) is 5.69 Å². The Hall–Kier alpha value is -1.18. The minimum atomic E-state index is -3.60. The van der Waals surface area contributed by atoms with E-state index >= 15 is 0 Å². The predicted molar refractivity (Wildman–Crippen MR) is 64.9 cm³/mol. The molecule has 1 heterocycles. The quantitative estimate of drug-likeness (QED) is 0.762. The number of pyridine rings is 1. The number of nitrogens with zero attached hydrogens (tertiary/aromatic N) is 1. The molecule has 1 unspecified atom stereocenters. The van der Waals surface area contributed by atoms with Gasteiger partial charge in [-0.1, -0.05) is 6.92 Å². The summed E-state index contributed by atoms with van der Waals surface area (Å²) in [6, 6.07) is 1.45. The van der Waals surface area contributed by atoms with E-state index in [1.807, 2.05) is 6.92 Å². The first kappa shape index (κ1) is 13.9. The Kier molecular flexibility index (Phi) is 4.86. The number of hydrogen-bond acceptors (Lipinski definition) is 5. The molecule has 1 aromatic rings. The standard InChI is InChI=1S/C10H17N3O3S/c1-8(7-16-2)5-13-17(14,15)10-6-12-4-3-9(10)11/h3-4,6,8,13H,5,7H2,1-2H3,(H2,11,12). The number of nitrogen functional groups attached to an aromatic ring is 1. The van der Waals surface area contributed by atoms with Crippen molar-refractivity contribution in [1.29, 1.82) is 0 Å². The molecule has 1 rings (SSSR count). The van der Waals surface area contributed by atoms with Crippen LogP contribution in [-0.4, -0.2) is 33.7 Å². The Labute approximate surface area is 101 Å². The predicted octanol–water partition coefficient (Wildman–Crippen LogP) is 0.225. The first-order valence-corrected chi connectivity index (χ1v) is 6.63. The second kappa shape index (κ2) is 5.95. The van der Waals surface area contributed by atoms with Gasteiger partial charge in [-0.2, -0.15) is 0 Å². The molecule has 0 bridgehead atoms. The fourth-order valence-corrected chi connectivity index (χ4v) is 2.53. The van der Waals surface area contributed by atoms with E-state index in [1.165, 1.54) is 18.5 Å². The molecule has 17 heavy (non-hydrogen) atoms. The number of ether oxygens (including phenoxy) is 1. The minimum Gasteiger partial charge on any atom is -0.398 e. The Bertz CT molecular complexity index is 462. The minimum absolute atomic E-state index is 0.00427. The molecule has 0 aliphatic heterocycles. The van der Waals surface area contributed by atoms with Crippen LogP contribution < -0.4 is 10.5 Å². The maximum atomic E-state index is 11.9. The third-order valence-corrected chi connectivity index (χ3v) is 3.65. The molecule has 96 valence electrons. The number of methoxy groups -OCH3 is 1. The number of hydrogen-bond donors (Lipinski definition) is 2. The first-order chi connectivity index (χ1) is 7.97. The van der Waals surface area contributed by atoms with Gasteiger partial charge in [0.15, 0.2) is 0 Å². The van der Waals surface area contributed by atoms with Crippen LogP contribution in [-0.2, 0) is 14.8 Å². The van der Waals surface area contributed by atoms with E-state index in [2.05, 4.69) is 9.71 Å². The average molecular weight is 259 g/mol. The van der Waals surface area contributed by atoms with Crippen molar-refractivity contribution >= 4 is 15.7 Å². The van der Waals surface area contributed by atoms with Gasteiger partial charge in [-0.25, -0.2) is 13.1 Å². The van der Waals surface area contributed by atoms with Gasteiger partial charge < -0.3 is 10.5 Å². The highest BCUT2D eigenvalue weighted by Crippen LogP contribution is 2.15. The zero-order valence-corrected chi connectivity index (χ0v) is 10.7. The van der Waals surface area contributed by atoms with E-state index in [4.69, 9.17) is 10.5 Å². The topological polar surface area (TPSA) is 94.3 Å². The Balaban J connectivity index is 2.73. The van der Waals surface area contributed by atoms with Crippen LogP contribution in [0, 0.1) is 5.92 Å². The molecule has 3 N–H and O–H groups in total. The van der Waals surface area contributed by atoms with Gasteiger partial charge in [0.1, 0.15) is 4.90 Å². The molecule has 7 heteroatoms. The highest BCUT2D eigenvalue weighted by Gasteiger charge is 2.18. The second-order valence-corrected chi connectivity index (χ2v) is 5.56. The lowest BCUT2D eigenvalue weighted by Crippen LogP contribution is -2.30. The van der Waals surface area contributed by atoms with Crippen molar-refractivity contribution in [1.82, 2.24) is 9.71 Å². The lowest BCUT2D eigenvalue weighted by molar-refractivity contribution is 0.161. The summed E-state index contributed by atoms with van der Waals surface area (Å²) < 4.78 is 31.2. The van der Waals surface area contributed by atoms with Gasteiger partial charge in [-0.3, -0.25) is 4.98 Å². The summed E-state index contributed by atoms with van der Waals surface area (Å²) >= 11 is 0. The van der Waals surface area contributed by atoms with Crippen LogP contribution >= 0.6 is 0 Å². The maximum Gasteiger partial charge on any atom is 0.244 e. The summed E-state index contributed by atoms with van der Waals surface area (Å²) in [7, 11) is -2.02. The van der Waals surface area contributed by atoms with Crippen molar-refractivity contribution in [3.05, 3.63) is 18.5 Å². The van der Waals surface area contributed by atoms with Gasteiger partial charge in [0, 0.05) is 32.7 Å². The summed E-state index contributed by atoms with van der Waals surface area (Å²) in [6.45, 7) is 2.67. The molecule has 1 atom stereocenters. The monoisotopic (exact) mass is 259 g/mol. The molecule has 0 amide bonds. The summed E-state index contributed by atoms with van der Waals surface area (Å²) in [5.74, 6) is 0.0904. The molecule has 0 spiro atoms. The average Bonchev–Trinajstić information content (AvgIpc) is 2.27. The van der Waals surface area contributed by atoms with Crippen molar-refractivity contribution < 1.29 is 13.2 Å². The lowest BCUT2D eigenvalue weighted by atomic mass is 10.2. The van der Waals surface area contributed by atoms with Gasteiger partial charge >= 0.3 is 0 Å². The van der Waals surface area contributed by atoms with E-state index in [9.17, 15) is 8.42 Å². The maximum absolute atomic E-state index is 11.9. The second-order valence-electron chi connectivity index (χ2n) is 3.83. The van der Waals surface area contributed by atoms with E-state index < -0.39 is 10.0 Å². The van der Waals surface area contributed by atoms with Crippen molar-refractivity contribution in [3.8, 4) is 0 Å². The number of nitrogens with two attached hydrogens (primary N) is 1. The van der Waals surface area contributed by atoms with Crippen LogP contribution in [0.5, 0.6) is 0 Å². The third-order valence-electron chi connectivity index (χ3n) is 2.18. The van der Waals surface area contributed by atoms with E-state index in [-0.39, 0.29) is 16.5 Å². The molecular formula is C10H17N3O3S. The smallest absolute Gasteiger partial charge is 0.244 e. The fraction of sp³-hybridized carbons (Fsp3) is 0.500. The summed E-state index contributed by atoms with van der Waals surface area (Å²) in [4.78, 5) is 3.76. The Morgan fingerprint density at radius 1 is 1.59 bits per heavy atom. The van der Waals surface area contributed by atoms with Crippen molar-refractivity contribution in [2.75, 3.05) is 26.0 Å². The molecule has 0 aliphatic carbocycles. The molecule has 0 radical (unpaired) electrons. The normalized spacial score (nSPS) is 13.5. The van der Waals surface area contributed by atoms with Crippen molar-refractivity contribution in [2.24, 2.45) is 5.92 Å². The van der Waals surface area contributed by atoms with Crippen molar-refractivity contribution in [3.63, 3.8) is 0 Å². The van der Waals surface area contributed by atoms with Crippen molar-refractivity contribution in [2.45, 2.75) is 11.8 Å². The molecule has 1 aromatic heterocycles. The van der Waals surface area contributed by atoms with Crippen LogP contribution in [0.2, 0.25) is 0 Å². The summed E-state index contributed by atoms with van der Waals surface area (Å²) in [6.07, 6.45) is 2.68. The van der Waals surface area contributed by atoms with Crippen LogP contribution in [0.3, 0.4) is 0 Å². The largest absolute Gasteiger partial charge is 0.398 e. The molecule has 6 nitrogen and oxygen atoms in total. The zero-order chi connectivity index (χ0) is 12.9. The number of aromatic nitrogens is 1. The number of sulfonamides is 1. The number of rotatable bonds is 6. The number of anilines is 1. The molecule has 0 fully saturated rings. The van der Waals surface area contributed by atoms with Gasteiger partial charge in [-0.15, -0.1) is 0 Å². The molecule has 0 saturated carbocycles. The Morgan fingerprint density at radius 3 is 2.88 bits per heavy atom. The third kappa shape index (κ3) is 3.95. The van der Waals surface area contributed by atoms with Crippen LogP contribution in [0.1, 0.15) is 6.92 Å². The van der Waals surface area contributed by atoms with Crippen LogP contribution in [0.25, 0.3) is 0 Å².